The Balaban J connectivity index is 2.28. The van der Waals surface area contributed by atoms with E-state index in [1.54, 1.807) is 31.3 Å². The number of nitrogens with two attached hydrogens (primary N) is 1. The van der Waals surface area contributed by atoms with Crippen molar-refractivity contribution in [2.75, 3.05) is 17.7 Å². The van der Waals surface area contributed by atoms with Crippen molar-refractivity contribution in [3.63, 3.8) is 0 Å². The third kappa shape index (κ3) is 3.59. The molecule has 0 spiro atoms. The zero-order valence-corrected chi connectivity index (χ0v) is 12.1. The second-order valence-corrected chi connectivity index (χ2v) is 5.88. The van der Waals surface area contributed by atoms with Gasteiger partial charge in [-0.15, -0.1) is 0 Å². The van der Waals surface area contributed by atoms with E-state index in [1.165, 1.54) is 18.2 Å². The smallest absolute Gasteiger partial charge is 0.257 e. The summed E-state index contributed by atoms with van der Waals surface area (Å²) in [4.78, 5) is 12.2. The van der Waals surface area contributed by atoms with Crippen LogP contribution in [-0.2, 0) is 10.0 Å². The number of primary sulfonamides is 1. The molecule has 0 saturated carbocycles. The van der Waals surface area contributed by atoms with E-state index < -0.39 is 10.0 Å². The van der Waals surface area contributed by atoms with Gasteiger partial charge in [0, 0.05) is 18.4 Å². The van der Waals surface area contributed by atoms with Gasteiger partial charge in [0.2, 0.25) is 10.0 Å². The first-order chi connectivity index (χ1) is 9.91. The van der Waals surface area contributed by atoms with Crippen molar-refractivity contribution in [1.29, 1.82) is 0 Å². The van der Waals surface area contributed by atoms with E-state index in [0.29, 0.717) is 16.9 Å². The van der Waals surface area contributed by atoms with Crippen molar-refractivity contribution in [2.24, 2.45) is 5.14 Å². The van der Waals surface area contributed by atoms with E-state index in [2.05, 4.69) is 10.6 Å². The molecule has 0 unspecified atom stereocenters. The summed E-state index contributed by atoms with van der Waals surface area (Å²) in [5, 5.41) is 10.6. The van der Waals surface area contributed by atoms with Gasteiger partial charge in [0.15, 0.2) is 0 Å². The average Bonchev–Trinajstić information content (AvgIpc) is 2.46. The zero-order chi connectivity index (χ0) is 15.5. The molecule has 1 amide bonds. The number of benzene rings is 2. The summed E-state index contributed by atoms with van der Waals surface area (Å²) in [5.74, 6) is -0.341. The Morgan fingerprint density at radius 1 is 1.10 bits per heavy atom. The minimum absolute atomic E-state index is 0.0535. The van der Waals surface area contributed by atoms with Gasteiger partial charge in [0.1, 0.15) is 0 Å². The Hall–Kier alpha value is -2.38. The molecule has 2 aromatic carbocycles. The van der Waals surface area contributed by atoms with Gasteiger partial charge in [-0.05, 0) is 30.3 Å². The molecule has 21 heavy (non-hydrogen) atoms. The molecule has 2 aromatic rings. The predicted molar refractivity (Wildman–Crippen MR) is 81.8 cm³/mol. The van der Waals surface area contributed by atoms with Gasteiger partial charge in [-0.25, -0.2) is 13.6 Å². The molecule has 0 saturated heterocycles. The second kappa shape index (κ2) is 5.94. The van der Waals surface area contributed by atoms with Crippen LogP contribution in [-0.4, -0.2) is 21.4 Å². The van der Waals surface area contributed by atoms with Crippen LogP contribution in [0.15, 0.2) is 53.4 Å². The molecule has 0 aliphatic rings. The zero-order valence-electron chi connectivity index (χ0n) is 11.3. The first-order valence-corrected chi connectivity index (χ1v) is 7.67. The van der Waals surface area contributed by atoms with Crippen LogP contribution >= 0.6 is 0 Å². The molecule has 7 heteroatoms. The lowest BCUT2D eigenvalue weighted by Crippen LogP contribution is -2.15. The normalized spacial score (nSPS) is 11.0. The number of rotatable bonds is 4. The number of hydrogen-bond acceptors (Lipinski definition) is 4. The van der Waals surface area contributed by atoms with Crippen LogP contribution in [0.25, 0.3) is 0 Å². The lowest BCUT2D eigenvalue weighted by Gasteiger charge is -2.10. The van der Waals surface area contributed by atoms with Crippen LogP contribution in [0.5, 0.6) is 0 Å². The van der Waals surface area contributed by atoms with Gasteiger partial charge >= 0.3 is 0 Å². The van der Waals surface area contributed by atoms with Crippen molar-refractivity contribution in [3.8, 4) is 0 Å². The molecular weight excluding hydrogens is 290 g/mol. The Morgan fingerprint density at radius 2 is 1.81 bits per heavy atom. The van der Waals surface area contributed by atoms with E-state index >= 15 is 0 Å². The number of hydrogen-bond donors (Lipinski definition) is 3. The van der Waals surface area contributed by atoms with E-state index in [4.69, 9.17) is 5.14 Å². The van der Waals surface area contributed by atoms with E-state index in [-0.39, 0.29) is 10.8 Å². The highest BCUT2D eigenvalue weighted by molar-refractivity contribution is 7.89. The van der Waals surface area contributed by atoms with Gasteiger partial charge in [-0.1, -0.05) is 18.2 Å². The van der Waals surface area contributed by atoms with Crippen LogP contribution in [0.3, 0.4) is 0 Å². The van der Waals surface area contributed by atoms with Crippen LogP contribution < -0.4 is 15.8 Å². The molecule has 0 fully saturated rings. The van der Waals surface area contributed by atoms with Crippen LogP contribution in [0.2, 0.25) is 0 Å². The molecular formula is C14H15N3O3S. The minimum Gasteiger partial charge on any atom is -0.387 e. The van der Waals surface area contributed by atoms with Gasteiger partial charge in [0.25, 0.3) is 5.91 Å². The Kier molecular flexibility index (Phi) is 4.25. The fraction of sp³-hybridized carbons (Fsp3) is 0.0714. The molecule has 0 radical (unpaired) electrons. The molecule has 0 aromatic heterocycles. The van der Waals surface area contributed by atoms with Gasteiger partial charge in [-0.3, -0.25) is 4.79 Å². The van der Waals surface area contributed by atoms with E-state index in [0.717, 1.165) is 0 Å². The number of carbonyl (C=O) groups excluding carboxylic acids is 1. The number of sulfonamides is 1. The van der Waals surface area contributed by atoms with E-state index in [9.17, 15) is 13.2 Å². The fourth-order valence-electron chi connectivity index (χ4n) is 1.85. The number of para-hydroxylation sites is 1. The van der Waals surface area contributed by atoms with Crippen LogP contribution in [0.4, 0.5) is 11.4 Å². The summed E-state index contributed by atoms with van der Waals surface area (Å²) in [6, 6.07) is 12.8. The lowest BCUT2D eigenvalue weighted by atomic mass is 10.1. The number of amides is 1. The van der Waals surface area contributed by atoms with E-state index in [1.807, 2.05) is 6.07 Å². The van der Waals surface area contributed by atoms with Gasteiger partial charge in [-0.2, -0.15) is 0 Å². The highest BCUT2D eigenvalue weighted by atomic mass is 32.2. The van der Waals surface area contributed by atoms with Crippen molar-refractivity contribution < 1.29 is 13.2 Å². The number of carbonyl (C=O) groups is 1. The van der Waals surface area contributed by atoms with Crippen LogP contribution in [0.1, 0.15) is 10.4 Å². The van der Waals surface area contributed by atoms with Crippen LogP contribution in [0, 0.1) is 0 Å². The molecule has 110 valence electrons. The topological polar surface area (TPSA) is 101 Å². The maximum atomic E-state index is 12.2. The summed E-state index contributed by atoms with van der Waals surface area (Å²) in [5.41, 5.74) is 1.50. The molecule has 0 aliphatic heterocycles. The first-order valence-electron chi connectivity index (χ1n) is 6.13. The molecule has 0 heterocycles. The van der Waals surface area contributed by atoms with Crippen molar-refractivity contribution in [1.82, 2.24) is 0 Å². The number of nitrogens with one attached hydrogen (secondary N) is 2. The molecule has 4 N–H and O–H groups in total. The molecule has 6 nitrogen and oxygen atoms in total. The third-order valence-corrected chi connectivity index (χ3v) is 3.77. The standard InChI is InChI=1S/C14H15N3O3S/c1-16-13-8-3-2-7-12(13)14(18)17-10-5-4-6-11(9-10)21(15,19)20/h2-9,16H,1H3,(H,17,18)(H2,15,19,20). The Bertz CT molecular complexity index is 773. The first kappa shape index (κ1) is 15.0. The monoisotopic (exact) mass is 305 g/mol. The summed E-state index contributed by atoms with van der Waals surface area (Å²) in [6.45, 7) is 0. The lowest BCUT2D eigenvalue weighted by molar-refractivity contribution is 0.102. The average molecular weight is 305 g/mol. The summed E-state index contributed by atoms with van der Waals surface area (Å²) >= 11 is 0. The molecule has 0 aliphatic carbocycles. The highest BCUT2D eigenvalue weighted by Gasteiger charge is 2.12. The van der Waals surface area contributed by atoms with Crippen molar-refractivity contribution >= 4 is 27.3 Å². The fourth-order valence-corrected chi connectivity index (χ4v) is 2.41. The third-order valence-electron chi connectivity index (χ3n) is 2.86. The highest BCUT2D eigenvalue weighted by Crippen LogP contribution is 2.18. The second-order valence-electron chi connectivity index (χ2n) is 4.32. The largest absolute Gasteiger partial charge is 0.387 e. The molecule has 0 bridgehead atoms. The minimum atomic E-state index is -3.80. The molecule has 2 rings (SSSR count). The Labute approximate surface area is 123 Å². The maximum Gasteiger partial charge on any atom is 0.257 e. The summed E-state index contributed by atoms with van der Waals surface area (Å²) in [7, 11) is -2.09. The summed E-state index contributed by atoms with van der Waals surface area (Å²) in [6.07, 6.45) is 0. The van der Waals surface area contributed by atoms with Gasteiger partial charge in [0.05, 0.1) is 10.5 Å². The predicted octanol–water partition coefficient (Wildman–Crippen LogP) is 1.63. The van der Waals surface area contributed by atoms with Crippen molar-refractivity contribution in [3.05, 3.63) is 54.1 Å². The number of anilines is 2. The maximum absolute atomic E-state index is 12.2. The summed E-state index contributed by atoms with van der Waals surface area (Å²) < 4.78 is 22.6. The quantitative estimate of drug-likeness (QED) is 0.799. The molecule has 0 atom stereocenters. The Morgan fingerprint density at radius 3 is 2.48 bits per heavy atom. The van der Waals surface area contributed by atoms with Gasteiger partial charge < -0.3 is 10.6 Å². The SMILES string of the molecule is CNc1ccccc1C(=O)Nc1cccc(S(N)(=O)=O)c1. The van der Waals surface area contributed by atoms with Crippen molar-refractivity contribution in [2.45, 2.75) is 4.90 Å².